The summed E-state index contributed by atoms with van der Waals surface area (Å²) in [6.07, 6.45) is 3.55. The van der Waals surface area contributed by atoms with Crippen LogP contribution in [0.1, 0.15) is 11.1 Å². The zero-order chi connectivity index (χ0) is 13.7. The van der Waals surface area contributed by atoms with Crippen molar-refractivity contribution >= 4 is 40.1 Å². The SMILES string of the molecule is CSC(=S)c1cccc(C=Nc2ccccc2)c1O. The molecule has 0 aliphatic carbocycles. The molecule has 19 heavy (non-hydrogen) atoms. The molecule has 4 heteroatoms. The van der Waals surface area contributed by atoms with Crippen molar-refractivity contribution in [3.05, 3.63) is 59.7 Å². The zero-order valence-electron chi connectivity index (χ0n) is 10.4. The molecule has 0 aliphatic rings. The number of aliphatic imine (C=N–C) groups is 1. The molecule has 1 N–H and O–H groups in total. The predicted octanol–water partition coefficient (Wildman–Crippen LogP) is 4.18. The van der Waals surface area contributed by atoms with Gasteiger partial charge < -0.3 is 5.11 Å². The Hall–Kier alpha value is -1.65. The standard InChI is InChI=1S/C15H13NOS2/c1-19-15(18)13-9-5-6-11(14(13)17)10-16-12-7-3-2-4-8-12/h2-10,17H,1H3. The van der Waals surface area contributed by atoms with Gasteiger partial charge in [-0.05, 0) is 30.5 Å². The monoisotopic (exact) mass is 287 g/mol. The summed E-state index contributed by atoms with van der Waals surface area (Å²) < 4.78 is 0.674. The van der Waals surface area contributed by atoms with Crippen molar-refractivity contribution in [2.45, 2.75) is 0 Å². The van der Waals surface area contributed by atoms with Gasteiger partial charge in [0, 0.05) is 17.3 Å². The molecule has 0 unspecified atom stereocenters. The molecule has 0 saturated heterocycles. The van der Waals surface area contributed by atoms with Crippen LogP contribution in [0.4, 0.5) is 5.69 Å². The Bertz CT molecular complexity index is 609. The number of para-hydroxylation sites is 2. The summed E-state index contributed by atoms with van der Waals surface area (Å²) in [5.41, 5.74) is 2.19. The van der Waals surface area contributed by atoms with Crippen molar-refractivity contribution in [2.24, 2.45) is 4.99 Å². The third-order valence-electron chi connectivity index (χ3n) is 2.58. The molecule has 0 amide bonds. The van der Waals surface area contributed by atoms with Crippen LogP contribution in [0.25, 0.3) is 0 Å². The lowest BCUT2D eigenvalue weighted by Crippen LogP contribution is -1.94. The van der Waals surface area contributed by atoms with Crippen LogP contribution in [0.15, 0.2) is 53.5 Å². The van der Waals surface area contributed by atoms with Crippen LogP contribution in [0.3, 0.4) is 0 Å². The van der Waals surface area contributed by atoms with Crippen LogP contribution in [0.5, 0.6) is 5.75 Å². The molecule has 96 valence electrons. The molecule has 0 aromatic heterocycles. The van der Waals surface area contributed by atoms with E-state index in [0.29, 0.717) is 15.3 Å². The lowest BCUT2D eigenvalue weighted by Gasteiger charge is -2.06. The second-order valence-electron chi connectivity index (χ2n) is 3.83. The number of thiocarbonyl (C=S) groups is 1. The Morgan fingerprint density at radius 2 is 1.89 bits per heavy atom. The van der Waals surface area contributed by atoms with Crippen LogP contribution in [0, 0.1) is 0 Å². The highest BCUT2D eigenvalue weighted by Crippen LogP contribution is 2.25. The maximum atomic E-state index is 10.2. The Morgan fingerprint density at radius 1 is 1.16 bits per heavy atom. The van der Waals surface area contributed by atoms with Crippen LogP contribution in [-0.2, 0) is 0 Å². The Morgan fingerprint density at radius 3 is 2.58 bits per heavy atom. The van der Waals surface area contributed by atoms with Gasteiger partial charge in [0.2, 0.25) is 0 Å². The molecule has 2 aromatic rings. The first-order valence-corrected chi connectivity index (χ1v) is 7.35. The summed E-state index contributed by atoms with van der Waals surface area (Å²) in [5, 5.41) is 10.2. The van der Waals surface area contributed by atoms with E-state index in [2.05, 4.69) is 4.99 Å². The number of hydrogen-bond donors (Lipinski definition) is 1. The van der Waals surface area contributed by atoms with Crippen LogP contribution in [0.2, 0.25) is 0 Å². The second kappa shape index (κ2) is 6.50. The van der Waals surface area contributed by atoms with E-state index in [1.54, 1.807) is 6.21 Å². The first-order chi connectivity index (χ1) is 9.22. The number of nitrogens with zero attached hydrogens (tertiary/aromatic N) is 1. The average molecular weight is 287 g/mol. The highest BCUT2D eigenvalue weighted by molar-refractivity contribution is 8.23. The molecule has 0 spiro atoms. The summed E-state index contributed by atoms with van der Waals surface area (Å²) in [6, 6.07) is 15.1. The lowest BCUT2D eigenvalue weighted by molar-refractivity contribution is 0.473. The zero-order valence-corrected chi connectivity index (χ0v) is 12.0. The van der Waals surface area contributed by atoms with E-state index in [-0.39, 0.29) is 5.75 Å². The Labute approximate surface area is 122 Å². The maximum Gasteiger partial charge on any atom is 0.133 e. The molecule has 0 fully saturated rings. The first-order valence-electron chi connectivity index (χ1n) is 5.72. The van der Waals surface area contributed by atoms with Gasteiger partial charge in [-0.25, -0.2) is 0 Å². The fourth-order valence-electron chi connectivity index (χ4n) is 1.60. The van der Waals surface area contributed by atoms with Crippen molar-refractivity contribution in [2.75, 3.05) is 6.26 Å². The van der Waals surface area contributed by atoms with E-state index >= 15 is 0 Å². The van der Waals surface area contributed by atoms with Crippen LogP contribution < -0.4 is 0 Å². The molecular weight excluding hydrogens is 274 g/mol. The average Bonchev–Trinajstić information content (AvgIpc) is 2.46. The number of phenolic OH excluding ortho intramolecular Hbond substituents is 1. The summed E-state index contributed by atoms with van der Waals surface area (Å²) in [5.74, 6) is 0.182. The fraction of sp³-hybridized carbons (Fsp3) is 0.0667. The molecule has 2 aromatic carbocycles. The van der Waals surface area contributed by atoms with Crippen LogP contribution in [-0.4, -0.2) is 21.8 Å². The molecule has 0 atom stereocenters. The van der Waals surface area contributed by atoms with Gasteiger partial charge in [-0.15, -0.1) is 11.8 Å². The lowest BCUT2D eigenvalue weighted by atomic mass is 10.1. The fourth-order valence-corrected chi connectivity index (χ4v) is 2.15. The quantitative estimate of drug-likeness (QED) is 0.679. The molecule has 0 saturated carbocycles. The largest absolute Gasteiger partial charge is 0.507 e. The van der Waals surface area contributed by atoms with Gasteiger partial charge in [-0.2, -0.15) is 0 Å². The van der Waals surface area contributed by atoms with E-state index in [9.17, 15) is 5.11 Å². The highest BCUT2D eigenvalue weighted by atomic mass is 32.2. The predicted molar refractivity (Wildman–Crippen MR) is 87.0 cm³/mol. The van der Waals surface area contributed by atoms with Gasteiger partial charge in [-0.3, -0.25) is 4.99 Å². The molecular formula is C15H13NOS2. The van der Waals surface area contributed by atoms with Gasteiger partial charge >= 0.3 is 0 Å². The van der Waals surface area contributed by atoms with Gasteiger partial charge in [0.1, 0.15) is 5.75 Å². The summed E-state index contributed by atoms with van der Waals surface area (Å²) in [4.78, 5) is 4.33. The van der Waals surface area contributed by atoms with E-state index in [1.807, 2.05) is 54.8 Å². The second-order valence-corrected chi connectivity index (χ2v) is 5.31. The Balaban J connectivity index is 2.31. The minimum absolute atomic E-state index is 0.182. The summed E-state index contributed by atoms with van der Waals surface area (Å²) in [6.45, 7) is 0. The number of thioether (sulfide) groups is 1. The Kier molecular flexibility index (Phi) is 4.71. The molecule has 0 bridgehead atoms. The number of rotatable bonds is 3. The third-order valence-corrected chi connectivity index (χ3v) is 3.89. The summed E-state index contributed by atoms with van der Waals surface area (Å²) in [7, 11) is 0. The van der Waals surface area contributed by atoms with Gasteiger partial charge in [0.15, 0.2) is 0 Å². The van der Waals surface area contributed by atoms with Crippen molar-refractivity contribution in [3.63, 3.8) is 0 Å². The van der Waals surface area contributed by atoms with Crippen molar-refractivity contribution in [3.8, 4) is 5.75 Å². The van der Waals surface area contributed by atoms with Crippen molar-refractivity contribution < 1.29 is 5.11 Å². The van der Waals surface area contributed by atoms with Gasteiger partial charge in [0.25, 0.3) is 0 Å². The molecule has 2 rings (SSSR count). The van der Waals surface area contributed by atoms with E-state index < -0.39 is 0 Å². The van der Waals surface area contributed by atoms with Gasteiger partial charge in [0.05, 0.1) is 9.88 Å². The van der Waals surface area contributed by atoms with Gasteiger partial charge in [-0.1, -0.05) is 36.5 Å². The minimum atomic E-state index is 0.182. The van der Waals surface area contributed by atoms with Crippen LogP contribution >= 0.6 is 24.0 Å². The molecule has 0 radical (unpaired) electrons. The van der Waals surface area contributed by atoms with E-state index in [1.165, 1.54) is 11.8 Å². The molecule has 2 nitrogen and oxygen atoms in total. The highest BCUT2D eigenvalue weighted by Gasteiger charge is 2.08. The topological polar surface area (TPSA) is 32.6 Å². The first kappa shape index (κ1) is 13.8. The number of hydrogen-bond acceptors (Lipinski definition) is 4. The maximum absolute atomic E-state index is 10.2. The number of benzene rings is 2. The number of aromatic hydroxyl groups is 1. The van der Waals surface area contributed by atoms with Crippen molar-refractivity contribution in [1.82, 2.24) is 0 Å². The minimum Gasteiger partial charge on any atom is -0.507 e. The number of phenols is 1. The molecule has 0 heterocycles. The normalized spacial score (nSPS) is 10.8. The van der Waals surface area contributed by atoms with Crippen molar-refractivity contribution in [1.29, 1.82) is 0 Å². The third kappa shape index (κ3) is 3.43. The molecule has 0 aliphatic heterocycles. The van der Waals surface area contributed by atoms with E-state index in [4.69, 9.17) is 12.2 Å². The van der Waals surface area contributed by atoms with E-state index in [0.717, 1.165) is 5.69 Å². The smallest absolute Gasteiger partial charge is 0.133 e. The summed E-state index contributed by atoms with van der Waals surface area (Å²) >= 11 is 6.65.